The molecule has 4 heteroatoms. The molecule has 0 aliphatic carbocycles. The van der Waals surface area contributed by atoms with E-state index in [2.05, 4.69) is 89.9 Å². The number of rotatable bonds is 10. The zero-order valence-corrected chi connectivity index (χ0v) is 16.8. The molecule has 0 aliphatic heterocycles. The van der Waals surface area contributed by atoms with Gasteiger partial charge in [-0.05, 0) is 56.7 Å². The summed E-state index contributed by atoms with van der Waals surface area (Å²) in [6, 6.07) is 21.2. The van der Waals surface area contributed by atoms with Crippen molar-refractivity contribution in [3.05, 3.63) is 71.8 Å². The largest absolute Gasteiger partial charge is 0.362 e. The van der Waals surface area contributed by atoms with E-state index in [0.717, 1.165) is 50.6 Å². The minimum atomic E-state index is 0.871. The van der Waals surface area contributed by atoms with E-state index >= 15 is 0 Å². The fourth-order valence-corrected chi connectivity index (χ4v) is 3.11. The maximum absolute atomic E-state index is 5.67. The molecule has 0 amide bonds. The van der Waals surface area contributed by atoms with E-state index in [1.165, 1.54) is 11.1 Å². The first-order valence-electron chi connectivity index (χ1n) is 9.40. The molecule has 0 saturated carbocycles. The van der Waals surface area contributed by atoms with Gasteiger partial charge >= 0.3 is 0 Å². The highest BCUT2D eigenvalue weighted by Crippen LogP contribution is 2.05. The van der Waals surface area contributed by atoms with Crippen LogP contribution in [0.15, 0.2) is 60.7 Å². The quantitative estimate of drug-likeness (QED) is 0.645. The third kappa shape index (κ3) is 7.98. The molecular weight excluding hydrogens is 338 g/mol. The Balaban J connectivity index is 1.78. The highest BCUT2D eigenvalue weighted by atomic mass is 32.1. The number of thiocarbonyl (C=S) groups is 1. The van der Waals surface area contributed by atoms with E-state index in [4.69, 9.17) is 12.2 Å². The molecule has 0 radical (unpaired) electrons. The number of aryl methyl sites for hydroxylation is 1. The van der Waals surface area contributed by atoms with Crippen molar-refractivity contribution in [1.82, 2.24) is 15.1 Å². The van der Waals surface area contributed by atoms with Crippen molar-refractivity contribution in [3.63, 3.8) is 0 Å². The molecule has 2 rings (SSSR count). The standard InChI is InChI=1S/C22H31N3S/c1-24(2)18-19-25(17-9-14-20-10-5-3-6-11-20)22(26)23-16-15-21-12-7-4-8-13-21/h3-8,10-13H,9,14-19H2,1-2H3,(H,23,26). The van der Waals surface area contributed by atoms with Crippen LogP contribution in [-0.4, -0.2) is 55.2 Å². The molecule has 0 saturated heterocycles. The van der Waals surface area contributed by atoms with Crippen molar-refractivity contribution in [3.8, 4) is 0 Å². The molecule has 0 aromatic heterocycles. The van der Waals surface area contributed by atoms with Crippen LogP contribution < -0.4 is 5.32 Å². The van der Waals surface area contributed by atoms with Gasteiger partial charge in [0.2, 0.25) is 0 Å². The number of nitrogens with zero attached hydrogens (tertiary/aromatic N) is 2. The molecule has 0 aliphatic rings. The van der Waals surface area contributed by atoms with Crippen LogP contribution in [0.4, 0.5) is 0 Å². The molecule has 26 heavy (non-hydrogen) atoms. The second-order valence-electron chi connectivity index (χ2n) is 6.85. The van der Waals surface area contributed by atoms with E-state index in [1.54, 1.807) is 0 Å². The number of likely N-dealkylation sites (N-methyl/N-ethyl adjacent to an activating group) is 1. The van der Waals surface area contributed by atoms with E-state index < -0.39 is 0 Å². The molecule has 0 fully saturated rings. The van der Waals surface area contributed by atoms with Crippen molar-refractivity contribution in [2.24, 2.45) is 0 Å². The first kappa shape index (κ1) is 20.4. The molecule has 3 nitrogen and oxygen atoms in total. The number of hydrogen-bond acceptors (Lipinski definition) is 2. The molecule has 0 heterocycles. The van der Waals surface area contributed by atoms with Gasteiger partial charge in [0, 0.05) is 26.2 Å². The third-order valence-electron chi connectivity index (χ3n) is 4.37. The molecule has 140 valence electrons. The summed E-state index contributed by atoms with van der Waals surface area (Å²) >= 11 is 5.67. The lowest BCUT2D eigenvalue weighted by atomic mass is 10.1. The fraction of sp³-hybridized carbons (Fsp3) is 0.409. The molecule has 0 bridgehead atoms. The lowest BCUT2D eigenvalue weighted by Crippen LogP contribution is -2.44. The van der Waals surface area contributed by atoms with Gasteiger partial charge in [-0.3, -0.25) is 0 Å². The Hall–Kier alpha value is -1.91. The van der Waals surface area contributed by atoms with Gasteiger partial charge in [0.1, 0.15) is 0 Å². The summed E-state index contributed by atoms with van der Waals surface area (Å²) in [5.41, 5.74) is 2.73. The predicted octanol–water partition coefficient (Wildman–Crippen LogP) is 3.60. The van der Waals surface area contributed by atoms with Crippen LogP contribution in [0.5, 0.6) is 0 Å². The summed E-state index contributed by atoms with van der Waals surface area (Å²) in [6.07, 6.45) is 3.19. The molecule has 2 aromatic rings. The molecule has 1 N–H and O–H groups in total. The van der Waals surface area contributed by atoms with Crippen LogP contribution in [0.1, 0.15) is 17.5 Å². The van der Waals surface area contributed by atoms with Gasteiger partial charge in [0.25, 0.3) is 0 Å². The lowest BCUT2D eigenvalue weighted by molar-refractivity contribution is 0.324. The molecule has 0 atom stereocenters. The van der Waals surface area contributed by atoms with Crippen molar-refractivity contribution in [1.29, 1.82) is 0 Å². The summed E-state index contributed by atoms with van der Waals surface area (Å²) in [5, 5.41) is 4.31. The van der Waals surface area contributed by atoms with Gasteiger partial charge in [-0.15, -0.1) is 0 Å². The van der Waals surface area contributed by atoms with Crippen LogP contribution in [0.3, 0.4) is 0 Å². The van der Waals surface area contributed by atoms with Gasteiger partial charge in [-0.2, -0.15) is 0 Å². The van der Waals surface area contributed by atoms with E-state index in [1.807, 2.05) is 0 Å². The van der Waals surface area contributed by atoms with Gasteiger partial charge in [0.15, 0.2) is 5.11 Å². The van der Waals surface area contributed by atoms with Crippen molar-refractivity contribution >= 4 is 17.3 Å². The SMILES string of the molecule is CN(C)CCN(CCCc1ccccc1)C(=S)NCCc1ccccc1. The van der Waals surface area contributed by atoms with E-state index in [0.29, 0.717) is 0 Å². The summed E-state index contributed by atoms with van der Waals surface area (Å²) in [4.78, 5) is 4.51. The average molecular weight is 370 g/mol. The smallest absolute Gasteiger partial charge is 0.168 e. The van der Waals surface area contributed by atoms with Gasteiger partial charge < -0.3 is 15.1 Å². The normalized spacial score (nSPS) is 10.7. The van der Waals surface area contributed by atoms with Gasteiger partial charge in [-0.1, -0.05) is 60.7 Å². The van der Waals surface area contributed by atoms with Crippen LogP contribution in [0.2, 0.25) is 0 Å². The summed E-state index contributed by atoms with van der Waals surface area (Å²) < 4.78 is 0. The minimum Gasteiger partial charge on any atom is -0.362 e. The van der Waals surface area contributed by atoms with Gasteiger partial charge in [-0.25, -0.2) is 0 Å². The second kappa shape index (κ2) is 11.7. The number of hydrogen-bond donors (Lipinski definition) is 1. The highest BCUT2D eigenvalue weighted by molar-refractivity contribution is 7.80. The molecule has 2 aromatic carbocycles. The van der Waals surface area contributed by atoms with Crippen molar-refractivity contribution < 1.29 is 0 Å². The predicted molar refractivity (Wildman–Crippen MR) is 116 cm³/mol. The Bertz CT molecular complexity index is 628. The number of nitrogens with one attached hydrogen (secondary N) is 1. The van der Waals surface area contributed by atoms with E-state index in [-0.39, 0.29) is 0 Å². The van der Waals surface area contributed by atoms with Gasteiger partial charge in [0.05, 0.1) is 0 Å². The van der Waals surface area contributed by atoms with Crippen LogP contribution in [-0.2, 0) is 12.8 Å². The number of benzene rings is 2. The topological polar surface area (TPSA) is 18.5 Å². The first-order valence-corrected chi connectivity index (χ1v) is 9.81. The lowest BCUT2D eigenvalue weighted by Gasteiger charge is -2.27. The second-order valence-corrected chi connectivity index (χ2v) is 7.23. The summed E-state index contributed by atoms with van der Waals surface area (Å²) in [7, 11) is 4.21. The summed E-state index contributed by atoms with van der Waals surface area (Å²) in [5.74, 6) is 0. The molecular formula is C22H31N3S. The Labute approximate surface area is 164 Å². The van der Waals surface area contributed by atoms with Crippen LogP contribution in [0, 0.1) is 0 Å². The molecule has 0 spiro atoms. The first-order chi connectivity index (χ1) is 12.6. The maximum Gasteiger partial charge on any atom is 0.168 e. The minimum absolute atomic E-state index is 0.871. The fourth-order valence-electron chi connectivity index (χ4n) is 2.82. The Kier molecular flexibility index (Phi) is 9.15. The Morgan fingerprint density at radius 3 is 1.96 bits per heavy atom. The van der Waals surface area contributed by atoms with Crippen LogP contribution in [0.25, 0.3) is 0 Å². The van der Waals surface area contributed by atoms with E-state index in [9.17, 15) is 0 Å². The monoisotopic (exact) mass is 369 g/mol. The zero-order valence-electron chi connectivity index (χ0n) is 16.0. The summed E-state index contributed by atoms with van der Waals surface area (Å²) in [6.45, 7) is 3.82. The Morgan fingerprint density at radius 2 is 1.38 bits per heavy atom. The highest BCUT2D eigenvalue weighted by Gasteiger charge is 2.09. The zero-order chi connectivity index (χ0) is 18.6. The van der Waals surface area contributed by atoms with Crippen molar-refractivity contribution in [2.75, 3.05) is 40.3 Å². The molecule has 0 unspecified atom stereocenters. The van der Waals surface area contributed by atoms with Crippen molar-refractivity contribution in [2.45, 2.75) is 19.3 Å². The van der Waals surface area contributed by atoms with Crippen LogP contribution >= 0.6 is 12.2 Å². The third-order valence-corrected chi connectivity index (χ3v) is 4.78. The average Bonchev–Trinajstić information content (AvgIpc) is 2.66. The maximum atomic E-state index is 5.67. The Morgan fingerprint density at radius 1 is 0.808 bits per heavy atom.